The van der Waals surface area contributed by atoms with Gasteiger partial charge in [0.05, 0.1) is 17.9 Å². The molecule has 20 heavy (non-hydrogen) atoms. The maximum Gasteiger partial charge on any atom is 0.258 e. The van der Waals surface area contributed by atoms with Gasteiger partial charge in [0, 0.05) is 19.9 Å². The number of primary amides is 1. The van der Waals surface area contributed by atoms with Crippen molar-refractivity contribution in [2.75, 3.05) is 20.3 Å². The molecule has 1 atom stereocenters. The van der Waals surface area contributed by atoms with Crippen LogP contribution in [0.4, 0.5) is 0 Å². The first-order valence-electron chi connectivity index (χ1n) is 6.40. The third-order valence-electron chi connectivity index (χ3n) is 3.72. The van der Waals surface area contributed by atoms with Gasteiger partial charge in [-0.05, 0) is 19.8 Å². The highest BCUT2D eigenvalue weighted by Gasteiger charge is 2.49. The molecule has 0 radical (unpaired) electrons. The number of carbonyl (C=O) groups is 2. The molecule has 0 spiro atoms. The molecule has 2 amide bonds. The van der Waals surface area contributed by atoms with E-state index >= 15 is 0 Å². The normalized spacial score (nSPS) is 22.0. The summed E-state index contributed by atoms with van der Waals surface area (Å²) in [5, 5.41) is 0. The van der Waals surface area contributed by atoms with Crippen LogP contribution in [-0.2, 0) is 9.53 Å². The second-order valence-electron chi connectivity index (χ2n) is 4.91. The molecule has 1 unspecified atom stereocenters. The lowest BCUT2D eigenvalue weighted by molar-refractivity contribution is -0.130. The first-order chi connectivity index (χ1) is 9.53. The summed E-state index contributed by atoms with van der Waals surface area (Å²) in [6, 6.07) is 0. The first-order valence-corrected chi connectivity index (χ1v) is 6.40. The highest BCUT2D eigenvalue weighted by Crippen LogP contribution is 2.31. The molecule has 0 aliphatic carbocycles. The smallest absolute Gasteiger partial charge is 0.258 e. The van der Waals surface area contributed by atoms with Crippen molar-refractivity contribution >= 4 is 11.8 Å². The van der Waals surface area contributed by atoms with Crippen LogP contribution in [-0.4, -0.2) is 52.5 Å². The largest absolute Gasteiger partial charge is 0.382 e. The molecule has 108 valence electrons. The summed E-state index contributed by atoms with van der Waals surface area (Å²) in [5.41, 5.74) is 5.41. The second-order valence-corrected chi connectivity index (χ2v) is 4.91. The summed E-state index contributed by atoms with van der Waals surface area (Å²) >= 11 is 0. The standard InChI is InChI=1S/C13H18N4O3/c1-9-10(6-15-8-16-9)11(18)17-5-3-4-13(17,7-20-2)12(14)19/h6,8H,3-5,7H2,1-2H3,(H2,14,19). The lowest BCUT2D eigenvalue weighted by atomic mass is 9.95. The lowest BCUT2D eigenvalue weighted by Crippen LogP contribution is -2.58. The van der Waals surface area contributed by atoms with Gasteiger partial charge in [-0.25, -0.2) is 9.97 Å². The van der Waals surface area contributed by atoms with Gasteiger partial charge in [0.2, 0.25) is 5.91 Å². The van der Waals surface area contributed by atoms with Crippen molar-refractivity contribution in [1.29, 1.82) is 0 Å². The fraction of sp³-hybridized carbons (Fsp3) is 0.538. The van der Waals surface area contributed by atoms with Gasteiger partial charge < -0.3 is 15.4 Å². The van der Waals surface area contributed by atoms with Crippen LogP contribution < -0.4 is 5.73 Å². The Balaban J connectivity index is 2.38. The van der Waals surface area contributed by atoms with Crippen LogP contribution in [0.25, 0.3) is 0 Å². The average molecular weight is 278 g/mol. The summed E-state index contributed by atoms with van der Waals surface area (Å²) in [4.78, 5) is 33.9. The Kier molecular flexibility index (Phi) is 3.99. The Morgan fingerprint density at radius 2 is 2.30 bits per heavy atom. The van der Waals surface area contributed by atoms with E-state index in [0.29, 0.717) is 30.6 Å². The number of nitrogens with two attached hydrogens (primary N) is 1. The van der Waals surface area contributed by atoms with E-state index in [1.165, 1.54) is 24.5 Å². The maximum atomic E-state index is 12.6. The zero-order chi connectivity index (χ0) is 14.8. The number of aryl methyl sites for hydroxylation is 1. The number of hydrogen-bond acceptors (Lipinski definition) is 5. The van der Waals surface area contributed by atoms with Crippen molar-refractivity contribution in [3.63, 3.8) is 0 Å². The maximum absolute atomic E-state index is 12.6. The molecule has 2 rings (SSSR count). The molecule has 1 aromatic rings. The quantitative estimate of drug-likeness (QED) is 0.828. The Labute approximate surface area is 117 Å². The summed E-state index contributed by atoms with van der Waals surface area (Å²) in [6.07, 6.45) is 4.06. The molecule has 7 nitrogen and oxygen atoms in total. The van der Waals surface area contributed by atoms with E-state index in [2.05, 4.69) is 9.97 Å². The van der Waals surface area contributed by atoms with Crippen LogP contribution in [0.5, 0.6) is 0 Å². The van der Waals surface area contributed by atoms with Gasteiger partial charge in [-0.1, -0.05) is 0 Å². The van der Waals surface area contributed by atoms with Crippen LogP contribution >= 0.6 is 0 Å². The van der Waals surface area contributed by atoms with Gasteiger partial charge in [-0.15, -0.1) is 0 Å². The van der Waals surface area contributed by atoms with Gasteiger partial charge in [-0.3, -0.25) is 9.59 Å². The van der Waals surface area contributed by atoms with E-state index in [1.807, 2.05) is 0 Å². The molecule has 1 saturated heterocycles. The zero-order valence-corrected chi connectivity index (χ0v) is 11.6. The van der Waals surface area contributed by atoms with E-state index in [1.54, 1.807) is 6.92 Å². The first kappa shape index (κ1) is 14.4. The molecule has 1 fully saturated rings. The highest BCUT2D eigenvalue weighted by molar-refractivity contribution is 5.99. The molecular weight excluding hydrogens is 260 g/mol. The molecule has 7 heteroatoms. The van der Waals surface area contributed by atoms with Crippen LogP contribution in [0.15, 0.2) is 12.5 Å². The summed E-state index contributed by atoms with van der Waals surface area (Å²) < 4.78 is 5.11. The second kappa shape index (κ2) is 5.54. The minimum Gasteiger partial charge on any atom is -0.382 e. The molecule has 1 aliphatic heterocycles. The number of hydrogen-bond donors (Lipinski definition) is 1. The lowest BCUT2D eigenvalue weighted by Gasteiger charge is -2.35. The van der Waals surface area contributed by atoms with Gasteiger partial charge in [0.1, 0.15) is 11.9 Å². The predicted octanol–water partition coefficient (Wildman–Crippen LogP) is -0.108. The van der Waals surface area contributed by atoms with E-state index < -0.39 is 11.4 Å². The Bertz CT molecular complexity index is 534. The summed E-state index contributed by atoms with van der Waals surface area (Å²) in [5.74, 6) is -0.823. The number of carbonyl (C=O) groups excluding carboxylic acids is 2. The van der Waals surface area contributed by atoms with Gasteiger partial charge >= 0.3 is 0 Å². The van der Waals surface area contributed by atoms with Crippen LogP contribution in [0.1, 0.15) is 28.9 Å². The topological polar surface area (TPSA) is 98.4 Å². The van der Waals surface area contributed by atoms with Crippen LogP contribution in [0, 0.1) is 6.92 Å². The number of aromatic nitrogens is 2. The predicted molar refractivity (Wildman–Crippen MR) is 70.8 cm³/mol. The number of likely N-dealkylation sites (tertiary alicyclic amines) is 1. The van der Waals surface area contributed by atoms with Crippen molar-refractivity contribution in [2.45, 2.75) is 25.3 Å². The molecule has 0 bridgehead atoms. The molecule has 2 heterocycles. The van der Waals surface area contributed by atoms with Gasteiger partial charge in [0.25, 0.3) is 5.91 Å². The Morgan fingerprint density at radius 1 is 1.55 bits per heavy atom. The van der Waals surface area contributed by atoms with E-state index in [-0.39, 0.29) is 12.5 Å². The third-order valence-corrected chi connectivity index (χ3v) is 3.72. The van der Waals surface area contributed by atoms with E-state index in [4.69, 9.17) is 10.5 Å². The molecular formula is C13H18N4O3. The van der Waals surface area contributed by atoms with Crippen molar-refractivity contribution in [3.05, 3.63) is 23.8 Å². The summed E-state index contributed by atoms with van der Waals surface area (Å²) in [7, 11) is 1.49. The van der Waals surface area contributed by atoms with Crippen molar-refractivity contribution in [1.82, 2.24) is 14.9 Å². The minimum atomic E-state index is -1.08. The molecule has 0 aromatic carbocycles. The van der Waals surface area contributed by atoms with Gasteiger partial charge in [-0.2, -0.15) is 0 Å². The number of methoxy groups -OCH3 is 1. The van der Waals surface area contributed by atoms with Crippen LogP contribution in [0.3, 0.4) is 0 Å². The van der Waals surface area contributed by atoms with Crippen molar-refractivity contribution < 1.29 is 14.3 Å². The van der Waals surface area contributed by atoms with Crippen molar-refractivity contribution in [3.8, 4) is 0 Å². The fourth-order valence-corrected chi connectivity index (χ4v) is 2.64. The average Bonchev–Trinajstić information content (AvgIpc) is 2.84. The number of ether oxygens (including phenoxy) is 1. The number of amides is 2. The monoisotopic (exact) mass is 278 g/mol. The SMILES string of the molecule is COCC1(C(N)=O)CCCN1C(=O)c1cncnc1C. The fourth-order valence-electron chi connectivity index (χ4n) is 2.64. The van der Waals surface area contributed by atoms with Crippen LogP contribution in [0.2, 0.25) is 0 Å². The molecule has 1 aromatic heterocycles. The van der Waals surface area contributed by atoms with Gasteiger partial charge in [0.15, 0.2) is 0 Å². The molecule has 1 aliphatic rings. The van der Waals surface area contributed by atoms with E-state index in [9.17, 15) is 9.59 Å². The van der Waals surface area contributed by atoms with Crippen molar-refractivity contribution in [2.24, 2.45) is 5.73 Å². The Morgan fingerprint density at radius 3 is 2.90 bits per heavy atom. The minimum absolute atomic E-state index is 0.0980. The molecule has 0 saturated carbocycles. The summed E-state index contributed by atoms with van der Waals surface area (Å²) in [6.45, 7) is 2.30. The molecule has 2 N–H and O–H groups in total. The zero-order valence-electron chi connectivity index (χ0n) is 11.6. The number of rotatable bonds is 4. The van der Waals surface area contributed by atoms with E-state index in [0.717, 1.165) is 0 Å². The highest BCUT2D eigenvalue weighted by atomic mass is 16.5. The number of nitrogens with zero attached hydrogens (tertiary/aromatic N) is 3. The third kappa shape index (κ3) is 2.24. The Hall–Kier alpha value is -2.02.